The minimum Gasteiger partial charge on any atom is -0.351 e. The van der Waals surface area contributed by atoms with Gasteiger partial charge in [0.15, 0.2) is 11.0 Å². The molecule has 1 aromatic carbocycles. The zero-order valence-corrected chi connectivity index (χ0v) is 16.3. The van der Waals surface area contributed by atoms with E-state index in [0.717, 1.165) is 35.1 Å². The fourth-order valence-electron chi connectivity index (χ4n) is 2.66. The topological polar surface area (TPSA) is 72.7 Å². The third-order valence-corrected chi connectivity index (χ3v) is 5.14. The van der Waals surface area contributed by atoms with Crippen molar-refractivity contribution in [1.29, 1.82) is 0 Å². The van der Waals surface area contributed by atoms with Crippen molar-refractivity contribution in [3.63, 3.8) is 0 Å². The van der Waals surface area contributed by atoms with Crippen LogP contribution < -0.4 is 5.32 Å². The molecule has 0 bridgehead atoms. The number of benzene rings is 1. The van der Waals surface area contributed by atoms with E-state index in [4.69, 9.17) is 0 Å². The number of carbonyl (C=O) groups is 1. The van der Waals surface area contributed by atoms with Gasteiger partial charge in [-0.3, -0.25) is 9.78 Å². The molecule has 0 aliphatic carbocycles. The first-order valence-corrected chi connectivity index (χ1v) is 9.89. The Morgan fingerprint density at radius 3 is 2.59 bits per heavy atom. The normalized spacial score (nSPS) is 11.9. The van der Waals surface area contributed by atoms with Gasteiger partial charge in [-0.05, 0) is 31.0 Å². The lowest BCUT2D eigenvalue weighted by atomic mass is 10.2. The summed E-state index contributed by atoms with van der Waals surface area (Å²) in [6, 6.07) is 13.7. The third-order valence-electron chi connectivity index (χ3n) is 4.06. The molecule has 0 fully saturated rings. The summed E-state index contributed by atoms with van der Waals surface area (Å²) in [6.07, 6.45) is 4.44. The van der Waals surface area contributed by atoms with Gasteiger partial charge >= 0.3 is 0 Å². The average Bonchev–Trinajstić information content (AvgIpc) is 3.10. The molecule has 3 aromatic rings. The number of aromatic nitrogens is 4. The summed E-state index contributed by atoms with van der Waals surface area (Å²) in [5.74, 6) is 0.791. The molecule has 6 nitrogen and oxygen atoms in total. The van der Waals surface area contributed by atoms with Crippen LogP contribution in [0.4, 0.5) is 0 Å². The van der Waals surface area contributed by atoms with E-state index in [2.05, 4.69) is 32.0 Å². The Balaban J connectivity index is 1.69. The van der Waals surface area contributed by atoms with Crippen molar-refractivity contribution in [1.82, 2.24) is 25.1 Å². The molecule has 0 aliphatic rings. The van der Waals surface area contributed by atoms with Crippen LogP contribution in [0, 0.1) is 0 Å². The summed E-state index contributed by atoms with van der Waals surface area (Å²) < 4.78 is 2.07. The molecule has 0 saturated carbocycles. The second-order valence-corrected chi connectivity index (χ2v) is 7.47. The highest BCUT2D eigenvalue weighted by Gasteiger charge is 2.20. The maximum Gasteiger partial charge on any atom is 0.233 e. The fourth-order valence-corrected chi connectivity index (χ4v) is 3.56. The van der Waals surface area contributed by atoms with Crippen molar-refractivity contribution in [3.8, 4) is 11.4 Å². The van der Waals surface area contributed by atoms with E-state index in [0.29, 0.717) is 6.54 Å². The highest BCUT2D eigenvalue weighted by Crippen LogP contribution is 2.27. The van der Waals surface area contributed by atoms with Gasteiger partial charge in [-0.25, -0.2) is 0 Å². The Labute approximate surface area is 163 Å². The van der Waals surface area contributed by atoms with Crippen LogP contribution in [0.1, 0.15) is 25.8 Å². The van der Waals surface area contributed by atoms with Gasteiger partial charge in [0.2, 0.25) is 5.91 Å². The van der Waals surface area contributed by atoms with Crippen LogP contribution in [0.15, 0.2) is 60.0 Å². The number of nitrogens with zero attached hydrogens (tertiary/aromatic N) is 4. The number of amides is 1. The number of pyridine rings is 1. The van der Waals surface area contributed by atoms with Crippen LogP contribution in [0.25, 0.3) is 11.4 Å². The van der Waals surface area contributed by atoms with E-state index >= 15 is 0 Å². The summed E-state index contributed by atoms with van der Waals surface area (Å²) in [7, 11) is 0. The molecule has 140 valence electrons. The maximum atomic E-state index is 12.5. The van der Waals surface area contributed by atoms with Crippen molar-refractivity contribution >= 4 is 17.7 Å². The monoisotopic (exact) mass is 381 g/mol. The lowest BCUT2D eigenvalue weighted by molar-refractivity contribution is -0.120. The Hall–Kier alpha value is -2.67. The Bertz CT molecular complexity index is 867. The van der Waals surface area contributed by atoms with E-state index < -0.39 is 0 Å². The summed E-state index contributed by atoms with van der Waals surface area (Å²) in [4.78, 5) is 16.5. The maximum absolute atomic E-state index is 12.5. The molecule has 2 aromatic heterocycles. The first kappa shape index (κ1) is 19.1. The average molecular weight is 382 g/mol. The first-order chi connectivity index (χ1) is 13.2. The van der Waals surface area contributed by atoms with E-state index in [9.17, 15) is 4.79 Å². The second kappa shape index (κ2) is 9.32. The van der Waals surface area contributed by atoms with E-state index in [1.54, 1.807) is 12.4 Å². The van der Waals surface area contributed by atoms with Gasteiger partial charge in [0.05, 0.1) is 5.25 Å². The van der Waals surface area contributed by atoms with Crippen LogP contribution >= 0.6 is 11.8 Å². The molecule has 1 amide bonds. The Kier molecular flexibility index (Phi) is 6.59. The highest BCUT2D eigenvalue weighted by atomic mass is 32.2. The molecular formula is C20H23N5OS. The van der Waals surface area contributed by atoms with Crippen molar-refractivity contribution in [2.24, 2.45) is 0 Å². The van der Waals surface area contributed by atoms with Gasteiger partial charge in [0.1, 0.15) is 0 Å². The zero-order chi connectivity index (χ0) is 19.1. The Morgan fingerprint density at radius 2 is 1.89 bits per heavy atom. The summed E-state index contributed by atoms with van der Waals surface area (Å²) in [5.41, 5.74) is 2.05. The minimum absolute atomic E-state index is 0.0136. The van der Waals surface area contributed by atoms with E-state index in [1.807, 2.05) is 49.4 Å². The molecule has 1 unspecified atom stereocenters. The molecule has 1 N–H and O–H groups in total. The van der Waals surface area contributed by atoms with Crippen LogP contribution in [-0.2, 0) is 17.9 Å². The largest absolute Gasteiger partial charge is 0.351 e. The molecular weight excluding hydrogens is 358 g/mol. The Morgan fingerprint density at radius 1 is 1.15 bits per heavy atom. The number of rotatable bonds is 8. The molecule has 0 spiro atoms. The van der Waals surface area contributed by atoms with Crippen molar-refractivity contribution in [3.05, 3.63) is 60.4 Å². The van der Waals surface area contributed by atoms with Crippen LogP contribution in [0.3, 0.4) is 0 Å². The predicted molar refractivity (Wildman–Crippen MR) is 107 cm³/mol. The van der Waals surface area contributed by atoms with Gasteiger partial charge in [0, 0.05) is 31.0 Å². The van der Waals surface area contributed by atoms with Crippen molar-refractivity contribution in [2.75, 3.05) is 0 Å². The zero-order valence-electron chi connectivity index (χ0n) is 15.5. The lowest BCUT2D eigenvalue weighted by Crippen LogP contribution is -2.30. The fraction of sp³-hybridized carbons (Fsp3) is 0.300. The minimum atomic E-state index is -0.265. The highest BCUT2D eigenvalue weighted by molar-refractivity contribution is 8.00. The number of carbonyl (C=O) groups excluding carboxylic acids is 1. The van der Waals surface area contributed by atoms with Gasteiger partial charge in [-0.1, -0.05) is 49.0 Å². The number of hydrogen-bond donors (Lipinski definition) is 1. The standard InChI is InChI=1S/C20H23N5OS/c1-3-13-25-18(17-9-11-21-12-10-17)23-24-20(25)27-15(2)19(26)22-14-16-7-5-4-6-8-16/h4-12,15H,3,13-14H2,1-2H3,(H,22,26). The number of thioether (sulfide) groups is 1. The quantitative estimate of drug-likeness (QED) is 0.604. The molecule has 3 rings (SSSR count). The SMILES string of the molecule is CCCn1c(SC(C)C(=O)NCc2ccccc2)nnc1-c1ccncc1. The molecule has 0 saturated heterocycles. The van der Waals surface area contributed by atoms with E-state index in [1.165, 1.54) is 11.8 Å². The number of hydrogen-bond acceptors (Lipinski definition) is 5. The molecule has 1 atom stereocenters. The first-order valence-electron chi connectivity index (χ1n) is 9.01. The van der Waals surface area contributed by atoms with Gasteiger partial charge in [-0.15, -0.1) is 10.2 Å². The lowest BCUT2D eigenvalue weighted by Gasteiger charge is -2.13. The van der Waals surface area contributed by atoms with Gasteiger partial charge in [-0.2, -0.15) is 0 Å². The molecule has 27 heavy (non-hydrogen) atoms. The molecule has 0 aliphatic heterocycles. The molecule has 7 heteroatoms. The van der Waals surface area contributed by atoms with Gasteiger partial charge < -0.3 is 9.88 Å². The van der Waals surface area contributed by atoms with Gasteiger partial charge in [0.25, 0.3) is 0 Å². The smallest absolute Gasteiger partial charge is 0.233 e. The van der Waals surface area contributed by atoms with Crippen LogP contribution in [-0.4, -0.2) is 30.9 Å². The predicted octanol–water partition coefficient (Wildman–Crippen LogP) is 3.55. The van der Waals surface area contributed by atoms with Crippen molar-refractivity contribution < 1.29 is 4.79 Å². The number of nitrogens with one attached hydrogen (secondary N) is 1. The van der Waals surface area contributed by atoms with Crippen LogP contribution in [0.2, 0.25) is 0 Å². The summed E-state index contributed by atoms with van der Waals surface area (Å²) in [5, 5.41) is 12.1. The third kappa shape index (κ3) is 4.95. The molecule has 0 radical (unpaired) electrons. The molecule has 2 heterocycles. The summed E-state index contributed by atoms with van der Waals surface area (Å²) >= 11 is 1.43. The van der Waals surface area contributed by atoms with Crippen LogP contribution in [0.5, 0.6) is 0 Å². The van der Waals surface area contributed by atoms with Crippen molar-refractivity contribution in [2.45, 2.75) is 43.8 Å². The van der Waals surface area contributed by atoms with E-state index in [-0.39, 0.29) is 11.2 Å². The summed E-state index contributed by atoms with van der Waals surface area (Å²) in [6.45, 7) is 5.32. The second-order valence-electron chi connectivity index (χ2n) is 6.16.